The van der Waals surface area contributed by atoms with Crippen LogP contribution in [0.2, 0.25) is 0 Å². The fraction of sp³-hybridized carbons (Fsp3) is 0.294. The summed E-state index contributed by atoms with van der Waals surface area (Å²) in [6.45, 7) is 6.43. The average molecular weight is 685 g/mol. The number of aromatic amines is 1. The third-order valence-corrected chi connectivity index (χ3v) is 8.02. The standard InChI is InChI=1S/C34H36N8O6S/c1-34(2,3)48-31(44)24(17-35)15-26-14-23-8-9-25(16-27(23)49-26)42(10-12-43)11-13-46-33(45)37-18-21-4-6-22(7-5-21)19-47-30-28-29(39-20-38-28)40-32(36)41-30/h4-9,14-16,20,43H,10-13,18-19H2,1-3H3,(H,37,45)(H3,36,38,39,40,41)/b24-15+. The molecule has 14 nitrogen and oxygen atoms in total. The van der Waals surface area contributed by atoms with Crippen LogP contribution in [0.4, 0.5) is 16.4 Å². The summed E-state index contributed by atoms with van der Waals surface area (Å²) in [5.41, 5.74) is 8.53. The minimum absolute atomic E-state index is 0.0804. The van der Waals surface area contributed by atoms with Gasteiger partial charge in [0.05, 0.1) is 19.5 Å². The molecule has 0 unspecified atom stereocenters. The van der Waals surface area contributed by atoms with Gasteiger partial charge in [-0.05, 0) is 61.6 Å². The van der Waals surface area contributed by atoms with E-state index in [0.717, 1.165) is 31.8 Å². The molecule has 0 aliphatic carbocycles. The molecule has 1 amide bonds. The van der Waals surface area contributed by atoms with Crippen molar-refractivity contribution < 1.29 is 28.9 Å². The van der Waals surface area contributed by atoms with Gasteiger partial charge >= 0.3 is 12.1 Å². The number of hydrogen-bond acceptors (Lipinski definition) is 13. The number of esters is 1. The number of anilines is 2. The molecule has 3 heterocycles. The molecule has 0 saturated carbocycles. The number of imidazole rings is 1. The van der Waals surface area contributed by atoms with Gasteiger partial charge in [-0.15, -0.1) is 11.3 Å². The van der Waals surface area contributed by atoms with Gasteiger partial charge < -0.3 is 40.3 Å². The molecule has 0 bridgehead atoms. The van der Waals surface area contributed by atoms with Crippen molar-refractivity contribution in [3.8, 4) is 11.9 Å². The molecule has 49 heavy (non-hydrogen) atoms. The zero-order chi connectivity index (χ0) is 35.0. The highest BCUT2D eigenvalue weighted by molar-refractivity contribution is 7.19. The summed E-state index contributed by atoms with van der Waals surface area (Å²) in [6, 6.07) is 17.1. The van der Waals surface area contributed by atoms with Crippen LogP contribution in [0.5, 0.6) is 5.88 Å². The van der Waals surface area contributed by atoms with E-state index in [-0.39, 0.29) is 43.8 Å². The Morgan fingerprint density at radius 2 is 1.90 bits per heavy atom. The van der Waals surface area contributed by atoms with Crippen LogP contribution >= 0.6 is 11.3 Å². The summed E-state index contributed by atoms with van der Waals surface area (Å²) >= 11 is 1.42. The Labute approximate surface area is 286 Å². The monoisotopic (exact) mass is 684 g/mol. The Morgan fingerprint density at radius 1 is 1.12 bits per heavy atom. The van der Waals surface area contributed by atoms with E-state index in [2.05, 4.69) is 25.3 Å². The normalized spacial score (nSPS) is 11.7. The van der Waals surface area contributed by atoms with Gasteiger partial charge in [-0.1, -0.05) is 30.3 Å². The summed E-state index contributed by atoms with van der Waals surface area (Å²) in [6.07, 6.45) is 2.45. The van der Waals surface area contributed by atoms with E-state index in [1.54, 1.807) is 20.8 Å². The van der Waals surface area contributed by atoms with E-state index >= 15 is 0 Å². The number of aliphatic hydroxyl groups excluding tert-OH is 1. The minimum atomic E-state index is -0.711. The second-order valence-corrected chi connectivity index (χ2v) is 12.9. The first-order valence-electron chi connectivity index (χ1n) is 15.3. The fourth-order valence-electron chi connectivity index (χ4n) is 4.72. The van der Waals surface area contributed by atoms with Gasteiger partial charge in [-0.2, -0.15) is 15.2 Å². The molecule has 254 valence electrons. The lowest BCUT2D eigenvalue weighted by atomic mass is 10.1. The number of amides is 1. The Balaban J connectivity index is 1.11. The van der Waals surface area contributed by atoms with E-state index in [0.29, 0.717) is 24.3 Å². The van der Waals surface area contributed by atoms with Gasteiger partial charge in [-0.25, -0.2) is 14.6 Å². The van der Waals surface area contributed by atoms with E-state index in [1.165, 1.54) is 23.7 Å². The second kappa shape index (κ2) is 15.5. The van der Waals surface area contributed by atoms with Crippen LogP contribution < -0.4 is 20.7 Å². The molecule has 5 N–H and O–H groups in total. The van der Waals surface area contributed by atoms with Crippen molar-refractivity contribution in [1.82, 2.24) is 25.3 Å². The van der Waals surface area contributed by atoms with Crippen molar-refractivity contribution in [2.24, 2.45) is 0 Å². The molecule has 2 aromatic carbocycles. The molecular formula is C34H36N8O6S. The number of aromatic nitrogens is 4. The predicted octanol–water partition coefficient (Wildman–Crippen LogP) is 4.70. The molecule has 15 heteroatoms. The lowest BCUT2D eigenvalue weighted by molar-refractivity contribution is -0.149. The number of fused-ring (bicyclic) bond motifs is 2. The van der Waals surface area contributed by atoms with Crippen molar-refractivity contribution in [3.05, 3.63) is 76.4 Å². The van der Waals surface area contributed by atoms with Gasteiger partial charge in [0.15, 0.2) is 11.2 Å². The van der Waals surface area contributed by atoms with Crippen LogP contribution in [0.3, 0.4) is 0 Å². The van der Waals surface area contributed by atoms with Gasteiger partial charge in [-0.3, -0.25) is 0 Å². The van der Waals surface area contributed by atoms with Crippen LogP contribution in [-0.4, -0.2) is 69.0 Å². The molecule has 0 saturated heterocycles. The number of ether oxygens (including phenoxy) is 3. The number of nitrogens with one attached hydrogen (secondary N) is 2. The van der Waals surface area contributed by atoms with Gasteiger partial charge in [0.2, 0.25) is 11.8 Å². The largest absolute Gasteiger partial charge is 0.471 e. The highest BCUT2D eigenvalue weighted by atomic mass is 32.1. The van der Waals surface area contributed by atoms with Gasteiger partial charge in [0.1, 0.15) is 30.5 Å². The summed E-state index contributed by atoms with van der Waals surface area (Å²) < 4.78 is 17.5. The number of nitrogens with zero attached hydrogens (tertiary/aromatic N) is 5. The Morgan fingerprint density at radius 3 is 2.63 bits per heavy atom. The number of aliphatic hydroxyl groups is 1. The number of nitrogen functional groups attached to an aromatic ring is 1. The highest BCUT2D eigenvalue weighted by Gasteiger charge is 2.20. The maximum atomic E-state index is 12.4. The summed E-state index contributed by atoms with van der Waals surface area (Å²) in [4.78, 5) is 42.7. The summed E-state index contributed by atoms with van der Waals surface area (Å²) in [7, 11) is 0. The van der Waals surface area contributed by atoms with Gasteiger partial charge in [0, 0.05) is 28.4 Å². The number of alkyl carbamates (subject to hydrolysis) is 1. The number of nitriles is 1. The fourth-order valence-corrected chi connectivity index (χ4v) is 5.76. The number of H-pyrrole nitrogens is 1. The number of carbonyl (C=O) groups is 2. The first-order valence-corrected chi connectivity index (χ1v) is 16.2. The first-order chi connectivity index (χ1) is 23.5. The molecule has 0 fully saturated rings. The first kappa shape index (κ1) is 34.6. The molecule has 3 aromatic heterocycles. The van der Waals surface area contributed by atoms with Gasteiger partial charge in [0.25, 0.3) is 0 Å². The number of thiophene rings is 1. The molecule has 0 radical (unpaired) electrons. The molecule has 0 aliphatic rings. The molecule has 0 atom stereocenters. The minimum Gasteiger partial charge on any atom is -0.471 e. The number of hydrogen-bond donors (Lipinski definition) is 4. The molecule has 5 rings (SSSR count). The van der Waals surface area contributed by atoms with Crippen molar-refractivity contribution in [2.75, 3.05) is 36.9 Å². The maximum absolute atomic E-state index is 12.4. The molecular weight excluding hydrogens is 648 g/mol. The summed E-state index contributed by atoms with van der Waals surface area (Å²) in [5, 5.41) is 22.9. The second-order valence-electron chi connectivity index (χ2n) is 11.8. The third kappa shape index (κ3) is 9.43. The Bertz CT molecular complexity index is 2010. The zero-order valence-electron chi connectivity index (χ0n) is 27.2. The number of rotatable bonds is 13. The number of benzene rings is 2. The zero-order valence-corrected chi connectivity index (χ0v) is 28.0. The average Bonchev–Trinajstić information content (AvgIpc) is 3.70. The topological polar surface area (TPSA) is 202 Å². The van der Waals surface area contributed by atoms with Crippen molar-refractivity contribution >= 4 is 62.4 Å². The number of carbonyl (C=O) groups excluding carboxylic acids is 2. The van der Waals surface area contributed by atoms with Crippen LogP contribution in [0.1, 0.15) is 36.8 Å². The van der Waals surface area contributed by atoms with E-state index in [1.807, 2.05) is 59.5 Å². The quantitative estimate of drug-likeness (QED) is 0.0758. The van der Waals surface area contributed by atoms with Crippen molar-refractivity contribution in [3.63, 3.8) is 0 Å². The van der Waals surface area contributed by atoms with E-state index < -0.39 is 17.7 Å². The van der Waals surface area contributed by atoms with E-state index in [4.69, 9.17) is 19.9 Å². The maximum Gasteiger partial charge on any atom is 0.407 e. The Hall–Kier alpha value is -5.72. The van der Waals surface area contributed by atoms with E-state index in [9.17, 15) is 20.0 Å². The third-order valence-electron chi connectivity index (χ3n) is 6.98. The molecule has 5 aromatic rings. The molecule has 0 spiro atoms. The van der Waals surface area contributed by atoms with Crippen LogP contribution in [0, 0.1) is 11.3 Å². The van der Waals surface area contributed by atoms with Crippen molar-refractivity contribution in [1.29, 1.82) is 5.26 Å². The smallest absolute Gasteiger partial charge is 0.407 e. The van der Waals surface area contributed by atoms with Crippen LogP contribution in [0.15, 0.2) is 60.4 Å². The number of nitrogens with two attached hydrogens (primary N) is 1. The predicted molar refractivity (Wildman–Crippen MR) is 186 cm³/mol. The lowest BCUT2D eigenvalue weighted by Crippen LogP contribution is -2.32. The lowest BCUT2D eigenvalue weighted by Gasteiger charge is -2.24. The SMILES string of the molecule is CC(C)(C)OC(=O)/C(C#N)=C/c1cc2ccc(N(CCO)CCOC(=O)NCc3ccc(COc4nc(N)nc5[nH]cnc45)cc3)cc2s1. The van der Waals surface area contributed by atoms with Crippen LogP contribution in [-0.2, 0) is 27.4 Å². The van der Waals surface area contributed by atoms with Crippen molar-refractivity contribution in [2.45, 2.75) is 39.5 Å². The summed E-state index contributed by atoms with van der Waals surface area (Å²) in [5.74, 6) is -0.303. The Kier molecular flexibility index (Phi) is 10.9. The molecule has 0 aliphatic heterocycles. The highest BCUT2D eigenvalue weighted by Crippen LogP contribution is 2.31. The van der Waals surface area contributed by atoms with Crippen LogP contribution in [0.25, 0.3) is 27.3 Å².